The molecule has 3 amide bonds. The monoisotopic (exact) mass is 336 g/mol. The number of hydrogen-bond acceptors (Lipinski definition) is 3. The van der Waals surface area contributed by atoms with Crippen molar-refractivity contribution in [3.63, 3.8) is 0 Å². The maximum atomic E-state index is 12.4. The second-order valence-electron chi connectivity index (χ2n) is 5.11. The quantitative estimate of drug-likeness (QED) is 0.787. The zero-order valence-electron chi connectivity index (χ0n) is 12.1. The van der Waals surface area contributed by atoms with Gasteiger partial charge in [0.25, 0.3) is 0 Å². The lowest BCUT2D eigenvalue weighted by Crippen LogP contribution is -2.20. The van der Waals surface area contributed by atoms with Crippen molar-refractivity contribution >= 4 is 29.0 Å². The van der Waals surface area contributed by atoms with Gasteiger partial charge in [0.2, 0.25) is 5.91 Å². The highest BCUT2D eigenvalue weighted by Gasteiger charge is 2.32. The summed E-state index contributed by atoms with van der Waals surface area (Å²) in [4.78, 5) is 26.4. The molecule has 2 aromatic rings. The first-order chi connectivity index (χ1) is 11.3. The van der Waals surface area contributed by atoms with Gasteiger partial charge in [0.15, 0.2) is 0 Å². The summed E-state index contributed by atoms with van der Waals surface area (Å²) in [6, 6.07) is 6.19. The lowest BCUT2D eigenvalue weighted by atomic mass is 10.1. The van der Waals surface area contributed by atoms with Crippen LogP contribution in [0.5, 0.6) is 0 Å². The van der Waals surface area contributed by atoms with Crippen molar-refractivity contribution in [3.05, 3.63) is 47.8 Å². The van der Waals surface area contributed by atoms with Gasteiger partial charge in [-0.2, -0.15) is 13.2 Å². The SMILES string of the molecule is O=C1Cc2ccc(NC(=O)Nc3ccc(C(F)(F)F)nc3)cc2N1. The maximum Gasteiger partial charge on any atom is 0.433 e. The molecule has 6 nitrogen and oxygen atoms in total. The molecular formula is C15H11F3N4O2. The predicted octanol–water partition coefficient (Wildman–Crippen LogP) is 3.24. The van der Waals surface area contributed by atoms with Crippen molar-refractivity contribution in [2.24, 2.45) is 0 Å². The molecule has 0 unspecified atom stereocenters. The van der Waals surface area contributed by atoms with E-state index in [9.17, 15) is 22.8 Å². The van der Waals surface area contributed by atoms with Crippen LogP contribution in [0, 0.1) is 0 Å². The minimum Gasteiger partial charge on any atom is -0.325 e. The van der Waals surface area contributed by atoms with Crippen LogP contribution >= 0.6 is 0 Å². The summed E-state index contributed by atoms with van der Waals surface area (Å²) in [6.07, 6.45) is -3.32. The van der Waals surface area contributed by atoms with Crippen molar-refractivity contribution < 1.29 is 22.8 Å². The number of hydrogen-bond donors (Lipinski definition) is 3. The summed E-state index contributed by atoms with van der Waals surface area (Å²) in [7, 11) is 0. The van der Waals surface area contributed by atoms with Crippen molar-refractivity contribution in [2.45, 2.75) is 12.6 Å². The number of carbonyl (C=O) groups is 2. The number of benzene rings is 1. The minimum absolute atomic E-state index is 0.120. The van der Waals surface area contributed by atoms with Crippen molar-refractivity contribution in [2.75, 3.05) is 16.0 Å². The highest BCUT2D eigenvalue weighted by molar-refractivity contribution is 6.02. The van der Waals surface area contributed by atoms with Crippen LogP contribution < -0.4 is 16.0 Å². The van der Waals surface area contributed by atoms with Crippen LogP contribution in [0.1, 0.15) is 11.3 Å². The smallest absolute Gasteiger partial charge is 0.325 e. The first kappa shape index (κ1) is 15.8. The van der Waals surface area contributed by atoms with E-state index in [-0.39, 0.29) is 11.6 Å². The molecular weight excluding hydrogens is 325 g/mol. The topological polar surface area (TPSA) is 83.1 Å². The molecule has 0 fully saturated rings. The third-order valence-electron chi connectivity index (χ3n) is 3.30. The zero-order valence-corrected chi connectivity index (χ0v) is 12.1. The van der Waals surface area contributed by atoms with E-state index in [0.29, 0.717) is 17.8 Å². The summed E-state index contributed by atoms with van der Waals surface area (Å²) in [5.74, 6) is -0.123. The molecule has 0 spiro atoms. The lowest BCUT2D eigenvalue weighted by Gasteiger charge is -2.10. The molecule has 0 bridgehead atoms. The van der Waals surface area contributed by atoms with Crippen molar-refractivity contribution in [1.29, 1.82) is 0 Å². The first-order valence-electron chi connectivity index (χ1n) is 6.85. The molecule has 124 valence electrons. The molecule has 2 heterocycles. The number of alkyl halides is 3. The van der Waals surface area contributed by atoms with E-state index in [1.165, 1.54) is 0 Å². The number of urea groups is 1. The Morgan fingerprint density at radius 3 is 2.50 bits per heavy atom. The Hall–Kier alpha value is -3.10. The van der Waals surface area contributed by atoms with Gasteiger partial charge in [-0.05, 0) is 29.8 Å². The highest BCUT2D eigenvalue weighted by Crippen LogP contribution is 2.28. The Labute approximate surface area is 134 Å². The fraction of sp³-hybridized carbons (Fsp3) is 0.133. The van der Waals surface area contributed by atoms with Crippen molar-refractivity contribution in [3.8, 4) is 0 Å². The van der Waals surface area contributed by atoms with Gasteiger partial charge in [0.05, 0.1) is 18.3 Å². The normalized spacial score (nSPS) is 13.2. The molecule has 1 aliphatic heterocycles. The molecule has 3 N–H and O–H groups in total. The average Bonchev–Trinajstić information content (AvgIpc) is 2.86. The van der Waals surface area contributed by atoms with E-state index in [0.717, 1.165) is 23.9 Å². The number of anilines is 3. The molecule has 1 aromatic carbocycles. The lowest BCUT2D eigenvalue weighted by molar-refractivity contribution is -0.141. The summed E-state index contributed by atoms with van der Waals surface area (Å²) in [6.45, 7) is 0. The molecule has 24 heavy (non-hydrogen) atoms. The molecule has 0 atom stereocenters. The van der Waals surface area contributed by atoms with E-state index < -0.39 is 17.9 Å². The van der Waals surface area contributed by atoms with Crippen LogP contribution in [0.15, 0.2) is 36.5 Å². The number of halogens is 3. The van der Waals surface area contributed by atoms with E-state index in [1.54, 1.807) is 18.2 Å². The second kappa shape index (κ2) is 5.84. The molecule has 9 heteroatoms. The Kier molecular flexibility index (Phi) is 3.84. The largest absolute Gasteiger partial charge is 0.433 e. The van der Waals surface area contributed by atoms with Gasteiger partial charge < -0.3 is 16.0 Å². The molecule has 0 radical (unpaired) electrons. The van der Waals surface area contributed by atoms with Gasteiger partial charge in [-0.3, -0.25) is 4.79 Å². The number of aromatic nitrogens is 1. The summed E-state index contributed by atoms with van der Waals surface area (Å²) in [5.41, 5.74) is 0.970. The van der Waals surface area contributed by atoms with Gasteiger partial charge >= 0.3 is 12.2 Å². The van der Waals surface area contributed by atoms with Gasteiger partial charge in [-0.1, -0.05) is 6.07 Å². The van der Waals surface area contributed by atoms with Crippen LogP contribution in [0.2, 0.25) is 0 Å². The van der Waals surface area contributed by atoms with Gasteiger partial charge in [-0.25, -0.2) is 9.78 Å². The molecule has 0 saturated heterocycles. The Balaban J connectivity index is 1.64. The maximum absolute atomic E-state index is 12.4. The number of nitrogens with one attached hydrogen (secondary N) is 3. The number of nitrogens with zero attached hydrogens (tertiary/aromatic N) is 1. The number of carbonyl (C=O) groups excluding carboxylic acids is 2. The summed E-state index contributed by atoms with van der Waals surface area (Å²) < 4.78 is 37.2. The van der Waals surface area contributed by atoms with Crippen LogP contribution in [0.3, 0.4) is 0 Å². The Morgan fingerprint density at radius 2 is 1.83 bits per heavy atom. The molecule has 1 aromatic heterocycles. The third-order valence-corrected chi connectivity index (χ3v) is 3.30. The van der Waals surface area contributed by atoms with E-state index >= 15 is 0 Å². The number of fused-ring (bicyclic) bond motifs is 1. The van der Waals surface area contributed by atoms with E-state index in [2.05, 4.69) is 20.9 Å². The average molecular weight is 336 g/mol. The van der Waals surface area contributed by atoms with Crippen LogP contribution in [0.25, 0.3) is 0 Å². The van der Waals surface area contributed by atoms with Crippen molar-refractivity contribution in [1.82, 2.24) is 4.98 Å². The Morgan fingerprint density at radius 1 is 1.12 bits per heavy atom. The van der Waals surface area contributed by atoms with Gasteiger partial charge in [-0.15, -0.1) is 0 Å². The zero-order chi connectivity index (χ0) is 17.3. The fourth-order valence-electron chi connectivity index (χ4n) is 2.22. The second-order valence-corrected chi connectivity index (χ2v) is 5.11. The van der Waals surface area contributed by atoms with E-state index in [1.807, 2.05) is 0 Å². The first-order valence-corrected chi connectivity index (χ1v) is 6.85. The third kappa shape index (κ3) is 3.45. The van der Waals surface area contributed by atoms with Crippen LogP contribution in [0.4, 0.5) is 35.0 Å². The van der Waals surface area contributed by atoms with Gasteiger partial charge in [0, 0.05) is 11.4 Å². The number of amides is 3. The highest BCUT2D eigenvalue weighted by atomic mass is 19.4. The van der Waals surface area contributed by atoms with Crippen LogP contribution in [-0.2, 0) is 17.4 Å². The number of pyridine rings is 1. The Bertz CT molecular complexity index is 803. The summed E-state index contributed by atoms with van der Waals surface area (Å²) >= 11 is 0. The number of rotatable bonds is 2. The van der Waals surface area contributed by atoms with Gasteiger partial charge in [0.1, 0.15) is 5.69 Å². The standard InChI is InChI=1S/C15H11F3N4O2/c16-15(17,18)12-4-3-10(7-19-12)21-14(24)20-9-2-1-8-5-13(23)22-11(8)6-9/h1-4,6-7H,5H2,(H,22,23)(H2,20,21,24). The molecule has 3 rings (SSSR count). The minimum atomic E-state index is -4.53. The van der Waals surface area contributed by atoms with Crippen LogP contribution in [-0.4, -0.2) is 16.9 Å². The molecule has 0 saturated carbocycles. The summed E-state index contributed by atoms with van der Waals surface area (Å²) in [5, 5.41) is 7.56. The van der Waals surface area contributed by atoms with E-state index in [4.69, 9.17) is 0 Å². The predicted molar refractivity (Wildman–Crippen MR) is 80.7 cm³/mol. The molecule has 1 aliphatic rings. The molecule has 0 aliphatic carbocycles. The fourth-order valence-corrected chi connectivity index (χ4v) is 2.22.